The van der Waals surface area contributed by atoms with Crippen molar-refractivity contribution in [1.82, 2.24) is 4.98 Å². The number of nitrogens with two attached hydrogens (primary N) is 1. The van der Waals surface area contributed by atoms with E-state index in [-0.39, 0.29) is 11.7 Å². The maximum Gasteiger partial charge on any atom is 0.273 e. The zero-order valence-electron chi connectivity index (χ0n) is 10.6. The van der Waals surface area contributed by atoms with Gasteiger partial charge in [-0.05, 0) is 40.5 Å². The largest absolute Gasteiger partial charge is 0.438 e. The lowest BCUT2D eigenvalue weighted by Crippen LogP contribution is -2.05. The molecule has 1 aromatic carbocycles. The number of hydrogen-bond acceptors (Lipinski definition) is 5. The van der Waals surface area contributed by atoms with E-state index in [9.17, 15) is 10.1 Å². The van der Waals surface area contributed by atoms with Gasteiger partial charge in [-0.25, -0.2) is 4.98 Å². The van der Waals surface area contributed by atoms with Crippen molar-refractivity contribution >= 4 is 21.6 Å². The maximum atomic E-state index is 10.8. The SMILES string of the molecule is CC(N)c1ccnc(Oc2cc([N+](=O)[O-])ccc2Br)c1. The smallest absolute Gasteiger partial charge is 0.273 e. The van der Waals surface area contributed by atoms with Gasteiger partial charge in [-0.2, -0.15) is 0 Å². The molecule has 0 aliphatic heterocycles. The fourth-order valence-corrected chi connectivity index (χ4v) is 1.89. The Labute approximate surface area is 123 Å². The van der Waals surface area contributed by atoms with Crippen molar-refractivity contribution in [3.05, 3.63) is 56.7 Å². The lowest BCUT2D eigenvalue weighted by molar-refractivity contribution is -0.384. The molecule has 2 rings (SSSR count). The number of pyridine rings is 1. The highest BCUT2D eigenvalue weighted by Crippen LogP contribution is 2.32. The van der Waals surface area contributed by atoms with Gasteiger partial charge in [0.1, 0.15) is 0 Å². The summed E-state index contributed by atoms with van der Waals surface area (Å²) in [6.07, 6.45) is 1.58. The molecule has 0 radical (unpaired) electrons. The fourth-order valence-electron chi connectivity index (χ4n) is 1.56. The Morgan fingerprint density at radius 3 is 2.80 bits per heavy atom. The van der Waals surface area contributed by atoms with Crippen LogP contribution in [0.25, 0.3) is 0 Å². The molecule has 1 heterocycles. The molecular formula is C13H12BrN3O3. The molecule has 2 aromatic rings. The molecule has 6 nitrogen and oxygen atoms in total. The third-order valence-electron chi connectivity index (χ3n) is 2.62. The number of benzene rings is 1. The van der Waals surface area contributed by atoms with Gasteiger partial charge in [0.2, 0.25) is 5.88 Å². The first-order valence-electron chi connectivity index (χ1n) is 5.80. The van der Waals surface area contributed by atoms with Gasteiger partial charge >= 0.3 is 0 Å². The van der Waals surface area contributed by atoms with Gasteiger partial charge in [0.05, 0.1) is 15.5 Å². The van der Waals surface area contributed by atoms with Crippen LogP contribution in [0.2, 0.25) is 0 Å². The van der Waals surface area contributed by atoms with Crippen molar-refractivity contribution in [2.24, 2.45) is 5.73 Å². The van der Waals surface area contributed by atoms with Gasteiger partial charge in [0.15, 0.2) is 5.75 Å². The average molecular weight is 338 g/mol. The number of nitro benzene ring substituents is 1. The molecular weight excluding hydrogens is 326 g/mol. The van der Waals surface area contributed by atoms with Crippen molar-refractivity contribution in [2.75, 3.05) is 0 Å². The number of nitro groups is 1. The zero-order chi connectivity index (χ0) is 14.7. The molecule has 0 fully saturated rings. The molecule has 20 heavy (non-hydrogen) atoms. The molecule has 0 bridgehead atoms. The van der Waals surface area contributed by atoms with Crippen LogP contribution in [0.3, 0.4) is 0 Å². The summed E-state index contributed by atoms with van der Waals surface area (Å²) in [6, 6.07) is 7.64. The Bertz CT molecular complexity index is 647. The second-order valence-electron chi connectivity index (χ2n) is 4.19. The molecule has 0 spiro atoms. The lowest BCUT2D eigenvalue weighted by atomic mass is 10.1. The van der Waals surface area contributed by atoms with Crippen LogP contribution in [-0.4, -0.2) is 9.91 Å². The minimum Gasteiger partial charge on any atom is -0.438 e. The van der Waals surface area contributed by atoms with Crippen LogP contribution in [-0.2, 0) is 0 Å². The van der Waals surface area contributed by atoms with Gasteiger partial charge in [-0.15, -0.1) is 0 Å². The lowest BCUT2D eigenvalue weighted by Gasteiger charge is -2.09. The van der Waals surface area contributed by atoms with Crippen LogP contribution in [0.15, 0.2) is 41.0 Å². The first-order chi connectivity index (χ1) is 9.47. The summed E-state index contributed by atoms with van der Waals surface area (Å²) in [5, 5.41) is 10.8. The summed E-state index contributed by atoms with van der Waals surface area (Å²) in [5.74, 6) is 0.662. The van der Waals surface area contributed by atoms with E-state index in [1.165, 1.54) is 12.1 Å². The molecule has 7 heteroatoms. The average Bonchev–Trinajstić information content (AvgIpc) is 2.41. The molecule has 0 saturated carbocycles. The Balaban J connectivity index is 2.32. The van der Waals surface area contributed by atoms with Crippen LogP contribution >= 0.6 is 15.9 Å². The zero-order valence-corrected chi connectivity index (χ0v) is 12.2. The second kappa shape index (κ2) is 5.98. The summed E-state index contributed by atoms with van der Waals surface area (Å²) in [7, 11) is 0. The Hall–Kier alpha value is -1.99. The quantitative estimate of drug-likeness (QED) is 0.680. The highest BCUT2D eigenvalue weighted by Gasteiger charge is 2.12. The summed E-state index contributed by atoms with van der Waals surface area (Å²) < 4.78 is 6.18. The summed E-state index contributed by atoms with van der Waals surface area (Å²) in [5.41, 5.74) is 6.61. The van der Waals surface area contributed by atoms with E-state index < -0.39 is 4.92 Å². The standard InChI is InChI=1S/C13H12BrN3O3/c1-8(15)9-4-5-16-13(6-9)20-12-7-10(17(18)19)2-3-11(12)14/h2-8H,15H2,1H3. The van der Waals surface area contributed by atoms with E-state index in [4.69, 9.17) is 10.5 Å². The molecule has 0 amide bonds. The van der Waals surface area contributed by atoms with Gasteiger partial charge in [-0.1, -0.05) is 0 Å². The molecule has 104 valence electrons. The normalized spacial score (nSPS) is 11.9. The van der Waals surface area contributed by atoms with Crippen molar-refractivity contribution in [3.8, 4) is 11.6 Å². The summed E-state index contributed by atoms with van der Waals surface area (Å²) in [4.78, 5) is 14.3. The molecule has 1 aromatic heterocycles. The number of rotatable bonds is 4. The van der Waals surface area contributed by atoms with Gasteiger partial charge < -0.3 is 10.5 Å². The highest BCUT2D eigenvalue weighted by atomic mass is 79.9. The minimum absolute atomic E-state index is 0.0495. The van der Waals surface area contributed by atoms with Gasteiger partial charge in [-0.3, -0.25) is 10.1 Å². The summed E-state index contributed by atoms with van der Waals surface area (Å²) >= 11 is 3.28. The van der Waals surface area contributed by atoms with Crippen LogP contribution < -0.4 is 10.5 Å². The third kappa shape index (κ3) is 3.31. The fraction of sp³-hybridized carbons (Fsp3) is 0.154. The number of hydrogen-bond donors (Lipinski definition) is 1. The molecule has 1 atom stereocenters. The minimum atomic E-state index is -0.481. The Kier molecular flexibility index (Phi) is 4.31. The third-order valence-corrected chi connectivity index (χ3v) is 3.28. The van der Waals surface area contributed by atoms with Crippen LogP contribution in [0, 0.1) is 10.1 Å². The second-order valence-corrected chi connectivity index (χ2v) is 5.04. The number of nitrogens with zero attached hydrogens (tertiary/aromatic N) is 2. The van der Waals surface area contributed by atoms with Gasteiger partial charge in [0, 0.05) is 24.4 Å². The number of halogens is 1. The van der Waals surface area contributed by atoms with Crippen molar-refractivity contribution in [3.63, 3.8) is 0 Å². The molecule has 0 aliphatic carbocycles. The highest BCUT2D eigenvalue weighted by molar-refractivity contribution is 9.10. The van der Waals surface area contributed by atoms with Crippen LogP contribution in [0.4, 0.5) is 5.69 Å². The van der Waals surface area contributed by atoms with E-state index in [0.717, 1.165) is 5.56 Å². The van der Waals surface area contributed by atoms with Crippen molar-refractivity contribution in [2.45, 2.75) is 13.0 Å². The van der Waals surface area contributed by atoms with E-state index in [2.05, 4.69) is 20.9 Å². The van der Waals surface area contributed by atoms with E-state index in [1.807, 2.05) is 6.92 Å². The predicted molar refractivity (Wildman–Crippen MR) is 77.7 cm³/mol. The van der Waals surface area contributed by atoms with Crippen molar-refractivity contribution < 1.29 is 9.66 Å². The Morgan fingerprint density at radius 2 is 2.15 bits per heavy atom. The molecule has 0 saturated heterocycles. The summed E-state index contributed by atoms with van der Waals surface area (Å²) in [6.45, 7) is 1.85. The van der Waals surface area contributed by atoms with Crippen LogP contribution in [0.1, 0.15) is 18.5 Å². The molecule has 1 unspecified atom stereocenters. The molecule has 2 N–H and O–H groups in total. The monoisotopic (exact) mass is 337 g/mol. The maximum absolute atomic E-state index is 10.8. The molecule has 0 aliphatic rings. The van der Waals surface area contributed by atoms with E-state index >= 15 is 0 Å². The number of ether oxygens (including phenoxy) is 1. The first kappa shape index (κ1) is 14.4. The van der Waals surface area contributed by atoms with E-state index in [0.29, 0.717) is 16.1 Å². The number of aromatic nitrogens is 1. The predicted octanol–water partition coefficient (Wildman–Crippen LogP) is 3.56. The first-order valence-corrected chi connectivity index (χ1v) is 6.60. The Morgan fingerprint density at radius 1 is 1.40 bits per heavy atom. The van der Waals surface area contributed by atoms with Crippen LogP contribution in [0.5, 0.6) is 11.6 Å². The van der Waals surface area contributed by atoms with Gasteiger partial charge in [0.25, 0.3) is 5.69 Å². The van der Waals surface area contributed by atoms with Crippen molar-refractivity contribution in [1.29, 1.82) is 0 Å². The number of non-ortho nitro benzene ring substituents is 1. The van der Waals surface area contributed by atoms with E-state index in [1.54, 1.807) is 24.4 Å². The topological polar surface area (TPSA) is 91.3 Å².